The molecule has 0 saturated carbocycles. The zero-order chi connectivity index (χ0) is 13.4. The first kappa shape index (κ1) is 14.3. The van der Waals surface area contributed by atoms with E-state index in [1.54, 1.807) is 0 Å². The van der Waals surface area contributed by atoms with Crippen LogP contribution in [0.15, 0.2) is 23.1 Å². The molecule has 0 aromatic heterocycles. The fourth-order valence-corrected chi connectivity index (χ4v) is 2.48. The molecule has 96 valence electrons. The number of sulfone groups is 1. The molecule has 0 aliphatic carbocycles. The lowest BCUT2D eigenvalue weighted by atomic mass is 10.2. The highest BCUT2D eigenvalue weighted by Gasteiger charge is 2.34. The van der Waals surface area contributed by atoms with Crippen LogP contribution < -0.4 is 0 Å². The molecule has 0 N–H and O–H groups in total. The molecule has 2 nitrogen and oxygen atoms in total. The minimum absolute atomic E-state index is 0.371. The summed E-state index contributed by atoms with van der Waals surface area (Å²) in [6.45, 7) is 2.80. The zero-order valence-corrected chi connectivity index (χ0v) is 10.6. The summed E-state index contributed by atoms with van der Waals surface area (Å²) >= 11 is 5.40. The van der Waals surface area contributed by atoms with E-state index >= 15 is 0 Å². The number of hydrogen-bond donors (Lipinski definition) is 0. The summed E-state index contributed by atoms with van der Waals surface area (Å²) in [5, 5.41) is -1.30. The minimum atomic E-state index is -4.67. The Morgan fingerprint density at radius 3 is 2.18 bits per heavy atom. The minimum Gasteiger partial charge on any atom is -0.223 e. The van der Waals surface area contributed by atoms with Gasteiger partial charge in [-0.15, -0.1) is 0 Å². The largest absolute Gasteiger partial charge is 0.417 e. The van der Waals surface area contributed by atoms with Crippen LogP contribution in [0.25, 0.3) is 0 Å². The van der Waals surface area contributed by atoms with E-state index in [1.165, 1.54) is 13.8 Å². The summed E-state index contributed by atoms with van der Waals surface area (Å²) in [4.78, 5) is -0.371. The fraction of sp³-hybridized carbons (Fsp3) is 0.400. The third kappa shape index (κ3) is 2.93. The van der Waals surface area contributed by atoms with Gasteiger partial charge in [0.05, 0.1) is 20.7 Å². The van der Waals surface area contributed by atoms with Gasteiger partial charge in [-0.1, -0.05) is 11.6 Å². The zero-order valence-electron chi connectivity index (χ0n) is 9.05. The standard InChI is InChI=1S/C10H10ClF3O2S/c1-6(2)17(15,16)7-3-4-9(11)8(5-7)10(12,13)14/h3-6H,1-2H3. The molecule has 0 unspecified atom stereocenters. The van der Waals surface area contributed by atoms with Crippen molar-refractivity contribution in [3.8, 4) is 0 Å². The number of rotatable bonds is 2. The molecule has 0 saturated heterocycles. The van der Waals surface area contributed by atoms with Crippen molar-refractivity contribution in [3.05, 3.63) is 28.8 Å². The van der Waals surface area contributed by atoms with Gasteiger partial charge in [-0.05, 0) is 32.0 Å². The van der Waals surface area contributed by atoms with Gasteiger partial charge < -0.3 is 0 Å². The molecule has 1 aromatic carbocycles. The highest BCUT2D eigenvalue weighted by atomic mass is 35.5. The molecule has 17 heavy (non-hydrogen) atoms. The molecule has 1 rings (SSSR count). The van der Waals surface area contributed by atoms with Crippen LogP contribution >= 0.6 is 11.6 Å². The van der Waals surface area contributed by atoms with E-state index < -0.39 is 31.8 Å². The van der Waals surface area contributed by atoms with Crippen LogP contribution in [0.5, 0.6) is 0 Å². The number of halogens is 4. The first-order valence-corrected chi connectivity index (χ1v) is 6.60. The van der Waals surface area contributed by atoms with Crippen molar-refractivity contribution in [2.24, 2.45) is 0 Å². The Hall–Kier alpha value is -0.750. The van der Waals surface area contributed by atoms with Gasteiger partial charge in [-0.25, -0.2) is 8.42 Å². The molecule has 0 atom stereocenters. The van der Waals surface area contributed by atoms with E-state index in [-0.39, 0.29) is 4.90 Å². The van der Waals surface area contributed by atoms with Gasteiger partial charge in [-0.2, -0.15) is 13.2 Å². The van der Waals surface area contributed by atoms with E-state index in [2.05, 4.69) is 0 Å². The average molecular weight is 287 g/mol. The maximum absolute atomic E-state index is 12.5. The van der Waals surface area contributed by atoms with Gasteiger partial charge in [0.1, 0.15) is 0 Å². The maximum Gasteiger partial charge on any atom is 0.417 e. The van der Waals surface area contributed by atoms with Gasteiger partial charge in [-0.3, -0.25) is 0 Å². The van der Waals surface area contributed by atoms with Crippen LogP contribution in [0.3, 0.4) is 0 Å². The van der Waals surface area contributed by atoms with Crippen LogP contribution in [-0.2, 0) is 16.0 Å². The molecular formula is C10H10ClF3O2S. The molecule has 0 spiro atoms. The SMILES string of the molecule is CC(C)S(=O)(=O)c1ccc(Cl)c(C(F)(F)F)c1. The van der Waals surface area contributed by atoms with Crippen LogP contribution in [0.1, 0.15) is 19.4 Å². The second kappa shape index (κ2) is 4.49. The van der Waals surface area contributed by atoms with Crippen LogP contribution in [-0.4, -0.2) is 13.7 Å². The first-order chi connectivity index (χ1) is 7.56. The molecule has 0 amide bonds. The first-order valence-electron chi connectivity index (χ1n) is 4.67. The van der Waals surface area contributed by atoms with Crippen molar-refractivity contribution >= 4 is 21.4 Å². The highest BCUT2D eigenvalue weighted by molar-refractivity contribution is 7.92. The molecule has 0 aliphatic heterocycles. The second-order valence-corrected chi connectivity index (χ2v) is 6.64. The predicted octanol–water partition coefficient (Wildman–Crippen LogP) is 3.54. The number of benzene rings is 1. The Bertz CT molecular complexity index is 521. The van der Waals surface area contributed by atoms with Gasteiger partial charge in [0.15, 0.2) is 9.84 Å². The smallest absolute Gasteiger partial charge is 0.223 e. The van der Waals surface area contributed by atoms with E-state index in [9.17, 15) is 21.6 Å². The Balaban J connectivity index is 3.43. The van der Waals surface area contributed by atoms with Crippen molar-refractivity contribution < 1.29 is 21.6 Å². The second-order valence-electron chi connectivity index (χ2n) is 3.73. The number of hydrogen-bond acceptors (Lipinski definition) is 2. The fourth-order valence-electron chi connectivity index (χ4n) is 1.17. The summed E-state index contributed by atoms with van der Waals surface area (Å²) in [7, 11) is -3.74. The number of alkyl halides is 3. The van der Waals surface area contributed by atoms with Crippen LogP contribution in [0.2, 0.25) is 5.02 Å². The molecule has 7 heteroatoms. The Morgan fingerprint density at radius 2 is 1.76 bits per heavy atom. The lowest BCUT2D eigenvalue weighted by Crippen LogP contribution is -2.15. The quantitative estimate of drug-likeness (QED) is 0.833. The van der Waals surface area contributed by atoms with E-state index in [1.807, 2.05) is 0 Å². The topological polar surface area (TPSA) is 34.1 Å². The normalized spacial score (nSPS) is 13.1. The Kier molecular flexibility index (Phi) is 3.78. The summed E-state index contributed by atoms with van der Waals surface area (Å²) in [6, 6.07) is 2.59. The molecule has 0 bridgehead atoms. The molecular weight excluding hydrogens is 277 g/mol. The van der Waals surface area contributed by atoms with Gasteiger partial charge >= 0.3 is 6.18 Å². The van der Waals surface area contributed by atoms with Gasteiger partial charge in [0.2, 0.25) is 0 Å². The highest BCUT2D eigenvalue weighted by Crippen LogP contribution is 2.36. The van der Waals surface area contributed by atoms with Crippen molar-refractivity contribution in [1.29, 1.82) is 0 Å². The summed E-state index contributed by atoms with van der Waals surface area (Å²) in [6.07, 6.45) is -4.67. The maximum atomic E-state index is 12.5. The van der Waals surface area contributed by atoms with Crippen molar-refractivity contribution in [2.45, 2.75) is 30.2 Å². The van der Waals surface area contributed by atoms with E-state index in [0.717, 1.165) is 12.1 Å². The molecule has 0 aliphatic rings. The summed E-state index contributed by atoms with van der Waals surface area (Å²) in [5.41, 5.74) is -1.14. The van der Waals surface area contributed by atoms with Gasteiger partial charge in [0, 0.05) is 0 Å². The molecule has 0 heterocycles. The van der Waals surface area contributed by atoms with E-state index in [4.69, 9.17) is 11.6 Å². The van der Waals surface area contributed by atoms with Crippen LogP contribution in [0.4, 0.5) is 13.2 Å². The Labute approximate surface area is 102 Å². The van der Waals surface area contributed by atoms with Crippen molar-refractivity contribution in [3.63, 3.8) is 0 Å². The lowest BCUT2D eigenvalue weighted by molar-refractivity contribution is -0.137. The molecule has 0 radical (unpaired) electrons. The average Bonchev–Trinajstić information content (AvgIpc) is 2.15. The van der Waals surface area contributed by atoms with Gasteiger partial charge in [0.25, 0.3) is 0 Å². The Morgan fingerprint density at radius 1 is 1.24 bits per heavy atom. The predicted molar refractivity (Wildman–Crippen MR) is 58.8 cm³/mol. The summed E-state index contributed by atoms with van der Waals surface area (Å²) < 4.78 is 61.0. The third-order valence-electron chi connectivity index (χ3n) is 2.19. The third-order valence-corrected chi connectivity index (χ3v) is 4.67. The van der Waals surface area contributed by atoms with Crippen molar-refractivity contribution in [1.82, 2.24) is 0 Å². The lowest BCUT2D eigenvalue weighted by Gasteiger charge is -2.12. The summed E-state index contributed by atoms with van der Waals surface area (Å²) in [5.74, 6) is 0. The molecule has 1 aromatic rings. The van der Waals surface area contributed by atoms with E-state index in [0.29, 0.717) is 6.07 Å². The molecule has 0 fully saturated rings. The monoisotopic (exact) mass is 286 g/mol. The van der Waals surface area contributed by atoms with Crippen LogP contribution in [0, 0.1) is 0 Å². The van der Waals surface area contributed by atoms with Crippen molar-refractivity contribution in [2.75, 3.05) is 0 Å².